The van der Waals surface area contributed by atoms with Crippen LogP contribution in [-0.2, 0) is 24.0 Å². The molecule has 0 aliphatic heterocycles. The second-order valence-electron chi connectivity index (χ2n) is 7.80. The van der Waals surface area contributed by atoms with Crippen LogP contribution in [0.5, 0.6) is 5.75 Å². The highest BCUT2D eigenvalue weighted by Gasteiger charge is 2.22. The Morgan fingerprint density at radius 2 is 1.89 bits per heavy atom. The molecule has 1 N–H and O–H groups in total. The summed E-state index contributed by atoms with van der Waals surface area (Å²) in [5, 5.41) is 3.74. The summed E-state index contributed by atoms with van der Waals surface area (Å²) in [6.07, 6.45) is 8.36. The summed E-state index contributed by atoms with van der Waals surface area (Å²) < 4.78 is 11.8. The minimum absolute atomic E-state index is 0.292. The molecular weight excluding hydrogens is 334 g/mol. The van der Waals surface area contributed by atoms with E-state index >= 15 is 0 Å². The van der Waals surface area contributed by atoms with Crippen molar-refractivity contribution in [1.82, 2.24) is 5.32 Å². The van der Waals surface area contributed by atoms with Gasteiger partial charge in [-0.3, -0.25) is 0 Å². The summed E-state index contributed by atoms with van der Waals surface area (Å²) >= 11 is 0. The molecule has 144 valence electrons. The molecule has 0 saturated carbocycles. The highest BCUT2D eigenvalue weighted by molar-refractivity contribution is 5.42. The minimum Gasteiger partial charge on any atom is -0.496 e. The van der Waals surface area contributed by atoms with Gasteiger partial charge >= 0.3 is 0 Å². The van der Waals surface area contributed by atoms with E-state index in [1.807, 2.05) is 0 Å². The zero-order valence-corrected chi connectivity index (χ0v) is 16.4. The lowest BCUT2D eigenvalue weighted by molar-refractivity contribution is 0.0390. The number of fused-ring (bicyclic) bond motifs is 2. The number of hydrogen-bond acceptors (Lipinski definition) is 3. The lowest BCUT2D eigenvalue weighted by Gasteiger charge is -2.27. The third kappa shape index (κ3) is 4.36. The van der Waals surface area contributed by atoms with Gasteiger partial charge in [-0.1, -0.05) is 36.4 Å². The first-order valence-corrected chi connectivity index (χ1v) is 10.4. The Balaban J connectivity index is 1.21. The Morgan fingerprint density at radius 3 is 2.81 bits per heavy atom. The number of methoxy groups -OCH3 is 1. The monoisotopic (exact) mass is 365 g/mol. The summed E-state index contributed by atoms with van der Waals surface area (Å²) in [7, 11) is 1.77. The Kier molecular flexibility index (Phi) is 6.10. The Labute approximate surface area is 163 Å². The van der Waals surface area contributed by atoms with Crippen molar-refractivity contribution in [2.45, 2.75) is 57.1 Å². The van der Waals surface area contributed by atoms with Gasteiger partial charge in [0.25, 0.3) is 0 Å². The summed E-state index contributed by atoms with van der Waals surface area (Å²) in [5.74, 6) is 1.04. The van der Waals surface area contributed by atoms with E-state index < -0.39 is 0 Å². The molecular formula is C24H31NO2. The normalized spacial score (nSPS) is 21.4. The first kappa shape index (κ1) is 18.5. The third-order valence-corrected chi connectivity index (χ3v) is 6.05. The van der Waals surface area contributed by atoms with E-state index in [0.29, 0.717) is 12.1 Å². The van der Waals surface area contributed by atoms with Crippen molar-refractivity contribution in [3.8, 4) is 5.75 Å². The second-order valence-corrected chi connectivity index (χ2v) is 7.80. The van der Waals surface area contributed by atoms with Crippen LogP contribution in [0, 0.1) is 0 Å². The molecule has 2 aliphatic rings. The number of aryl methyl sites for hydroxylation is 2. The predicted molar refractivity (Wildman–Crippen MR) is 109 cm³/mol. The van der Waals surface area contributed by atoms with E-state index in [2.05, 4.69) is 47.8 Å². The zero-order chi connectivity index (χ0) is 18.5. The Bertz CT molecular complexity index is 744. The quantitative estimate of drug-likeness (QED) is 0.726. The molecule has 2 atom stereocenters. The molecule has 0 aromatic heterocycles. The smallest absolute Gasteiger partial charge is 0.122 e. The van der Waals surface area contributed by atoms with Gasteiger partial charge in [-0.25, -0.2) is 0 Å². The SMILES string of the molecule is COc1cccc2c1CC(NCCCOC1CCCc3ccccc31)CC2. The maximum absolute atomic E-state index is 6.23. The van der Waals surface area contributed by atoms with E-state index in [4.69, 9.17) is 9.47 Å². The van der Waals surface area contributed by atoms with Crippen LogP contribution < -0.4 is 10.1 Å². The molecule has 0 heterocycles. The Hall–Kier alpha value is -1.84. The van der Waals surface area contributed by atoms with Crippen molar-refractivity contribution >= 4 is 0 Å². The standard InChI is InChI=1S/C24H31NO2/c1-26-23-11-4-9-19-13-14-20(17-22(19)23)25-15-6-16-27-24-12-5-8-18-7-2-3-10-21(18)24/h2-4,7,9-11,20,24-25H,5-6,8,12-17H2,1H3. The lowest BCUT2D eigenvalue weighted by Crippen LogP contribution is -2.35. The molecule has 2 aromatic carbocycles. The van der Waals surface area contributed by atoms with E-state index in [-0.39, 0.29) is 0 Å². The average Bonchev–Trinajstić information content (AvgIpc) is 2.73. The van der Waals surface area contributed by atoms with Gasteiger partial charge in [0.1, 0.15) is 5.75 Å². The van der Waals surface area contributed by atoms with Crippen molar-refractivity contribution in [3.63, 3.8) is 0 Å². The molecule has 3 heteroatoms. The fourth-order valence-corrected chi connectivity index (χ4v) is 4.61. The predicted octanol–water partition coefficient (Wildman–Crippen LogP) is 4.63. The third-order valence-electron chi connectivity index (χ3n) is 6.05. The van der Waals surface area contributed by atoms with Crippen molar-refractivity contribution < 1.29 is 9.47 Å². The molecule has 2 unspecified atom stereocenters. The van der Waals surface area contributed by atoms with Crippen LogP contribution in [0.2, 0.25) is 0 Å². The zero-order valence-electron chi connectivity index (χ0n) is 16.4. The summed E-state index contributed by atoms with van der Waals surface area (Å²) in [6, 6.07) is 15.7. The maximum Gasteiger partial charge on any atom is 0.122 e. The second kappa shape index (κ2) is 8.90. The Morgan fingerprint density at radius 1 is 1.00 bits per heavy atom. The summed E-state index contributed by atoms with van der Waals surface area (Å²) in [5.41, 5.74) is 5.72. The number of ether oxygens (including phenoxy) is 2. The molecule has 0 spiro atoms. The number of hydrogen-bond donors (Lipinski definition) is 1. The molecule has 3 nitrogen and oxygen atoms in total. The molecule has 0 amide bonds. The van der Waals surface area contributed by atoms with Crippen molar-refractivity contribution in [1.29, 1.82) is 0 Å². The van der Waals surface area contributed by atoms with Gasteiger partial charge in [0, 0.05) is 12.6 Å². The van der Waals surface area contributed by atoms with Gasteiger partial charge in [0.05, 0.1) is 13.2 Å². The van der Waals surface area contributed by atoms with Crippen LogP contribution in [0.1, 0.15) is 54.0 Å². The van der Waals surface area contributed by atoms with Crippen LogP contribution in [0.3, 0.4) is 0 Å². The van der Waals surface area contributed by atoms with E-state index in [1.165, 1.54) is 41.5 Å². The largest absolute Gasteiger partial charge is 0.496 e. The van der Waals surface area contributed by atoms with Crippen molar-refractivity contribution in [2.24, 2.45) is 0 Å². The summed E-state index contributed by atoms with van der Waals surface area (Å²) in [4.78, 5) is 0. The van der Waals surface area contributed by atoms with Crippen LogP contribution in [0.25, 0.3) is 0 Å². The van der Waals surface area contributed by atoms with E-state index in [0.717, 1.165) is 44.6 Å². The molecule has 0 fully saturated rings. The lowest BCUT2D eigenvalue weighted by atomic mass is 9.87. The first-order chi connectivity index (χ1) is 13.3. The van der Waals surface area contributed by atoms with E-state index in [1.54, 1.807) is 7.11 Å². The number of rotatable bonds is 7. The van der Waals surface area contributed by atoms with Gasteiger partial charge in [0.2, 0.25) is 0 Å². The van der Waals surface area contributed by atoms with Crippen LogP contribution >= 0.6 is 0 Å². The minimum atomic E-state index is 0.292. The first-order valence-electron chi connectivity index (χ1n) is 10.4. The van der Waals surface area contributed by atoms with Crippen molar-refractivity contribution in [3.05, 3.63) is 64.7 Å². The highest BCUT2D eigenvalue weighted by Crippen LogP contribution is 2.32. The molecule has 0 radical (unpaired) electrons. The fourth-order valence-electron chi connectivity index (χ4n) is 4.61. The van der Waals surface area contributed by atoms with Crippen molar-refractivity contribution in [2.75, 3.05) is 20.3 Å². The topological polar surface area (TPSA) is 30.5 Å². The number of benzene rings is 2. The molecule has 2 aliphatic carbocycles. The highest BCUT2D eigenvalue weighted by atomic mass is 16.5. The molecule has 0 saturated heterocycles. The number of nitrogens with one attached hydrogen (secondary N) is 1. The van der Waals surface area contributed by atoms with Gasteiger partial charge < -0.3 is 14.8 Å². The van der Waals surface area contributed by atoms with Gasteiger partial charge in [-0.15, -0.1) is 0 Å². The van der Waals surface area contributed by atoms with Gasteiger partial charge in [0.15, 0.2) is 0 Å². The van der Waals surface area contributed by atoms with Gasteiger partial charge in [-0.05, 0) is 79.8 Å². The molecule has 27 heavy (non-hydrogen) atoms. The fraction of sp³-hybridized carbons (Fsp3) is 0.500. The summed E-state index contributed by atoms with van der Waals surface area (Å²) in [6.45, 7) is 1.85. The van der Waals surface area contributed by atoms with Crippen LogP contribution in [0.4, 0.5) is 0 Å². The average molecular weight is 366 g/mol. The van der Waals surface area contributed by atoms with E-state index in [9.17, 15) is 0 Å². The van der Waals surface area contributed by atoms with Gasteiger partial charge in [-0.2, -0.15) is 0 Å². The molecule has 4 rings (SSSR count). The molecule has 2 aromatic rings. The maximum atomic E-state index is 6.23. The van der Waals surface area contributed by atoms with Crippen LogP contribution in [0.15, 0.2) is 42.5 Å². The molecule has 0 bridgehead atoms. The van der Waals surface area contributed by atoms with Crippen LogP contribution in [-0.4, -0.2) is 26.3 Å².